The molecule has 0 spiro atoms. The third kappa shape index (κ3) is 10.8. The summed E-state index contributed by atoms with van der Waals surface area (Å²) in [6, 6.07) is 5.49. The van der Waals surface area contributed by atoms with Crippen molar-refractivity contribution in [3.05, 3.63) is 47.3 Å². The number of carbonyl (C=O) groups is 2. The number of carbonyl (C=O) groups excluding carboxylic acids is 2. The first-order chi connectivity index (χ1) is 24.1. The number of likely N-dealkylation sites (tertiary alicyclic amines) is 2. The Bertz CT molecular complexity index is 1320. The van der Waals surface area contributed by atoms with Crippen molar-refractivity contribution in [1.82, 2.24) is 14.7 Å². The number of cyclic esters (lactones) is 1. The fourth-order valence-corrected chi connectivity index (χ4v) is 7.92. The van der Waals surface area contributed by atoms with Crippen molar-refractivity contribution < 1.29 is 33.7 Å². The van der Waals surface area contributed by atoms with Gasteiger partial charge in [-0.05, 0) is 99.9 Å². The van der Waals surface area contributed by atoms with Gasteiger partial charge in [-0.1, -0.05) is 32.4 Å². The van der Waals surface area contributed by atoms with Gasteiger partial charge in [-0.3, -0.25) is 9.69 Å². The molecule has 3 fully saturated rings. The molecule has 50 heavy (non-hydrogen) atoms. The van der Waals surface area contributed by atoms with Crippen molar-refractivity contribution in [2.24, 2.45) is 11.8 Å². The molecule has 1 aromatic rings. The minimum atomic E-state index is -0.873. The van der Waals surface area contributed by atoms with Gasteiger partial charge in [-0.25, -0.2) is 9.18 Å². The fourth-order valence-electron chi connectivity index (χ4n) is 7.92. The lowest BCUT2D eigenvalue weighted by molar-refractivity contribution is -0.151. The van der Waals surface area contributed by atoms with Gasteiger partial charge in [0.1, 0.15) is 18.0 Å². The Labute approximate surface area is 297 Å². The molecule has 3 saturated heterocycles. The van der Waals surface area contributed by atoms with Crippen LogP contribution in [0.1, 0.15) is 77.7 Å². The van der Waals surface area contributed by atoms with E-state index in [9.17, 15) is 24.2 Å². The van der Waals surface area contributed by atoms with Crippen LogP contribution in [0.4, 0.5) is 14.9 Å². The predicted octanol–water partition coefficient (Wildman–Crippen LogP) is 5.08. The summed E-state index contributed by atoms with van der Waals surface area (Å²) in [6.07, 6.45) is 9.95. The highest BCUT2D eigenvalue weighted by Crippen LogP contribution is 2.28. The van der Waals surface area contributed by atoms with Crippen LogP contribution in [-0.4, -0.2) is 127 Å². The van der Waals surface area contributed by atoms with Gasteiger partial charge in [0.15, 0.2) is 0 Å². The lowest BCUT2D eigenvalue weighted by Gasteiger charge is -2.40. The first kappa shape index (κ1) is 38.2. The number of esters is 1. The maximum absolute atomic E-state index is 14.9. The van der Waals surface area contributed by atoms with Crippen LogP contribution in [0.5, 0.6) is 0 Å². The second-order valence-electron chi connectivity index (χ2n) is 14.9. The first-order valence-electron chi connectivity index (χ1n) is 18.9. The van der Waals surface area contributed by atoms with Crippen molar-refractivity contribution in [2.75, 3.05) is 70.4 Å². The quantitative estimate of drug-likeness (QED) is 0.298. The zero-order chi connectivity index (χ0) is 35.6. The standard InChI is InChI=1S/C39H59FN4O6/c1-28-7-9-35(46)27-37(47)50-38(30(3)23-31-24-32(40)26-34(25-31)43-19-17-41(18-20-43)21-22-45)29(2)8-10-36(28)49-39(48)44-15-11-33(12-16-44)42-13-5-4-6-14-42/h8,10,23-26,28-29,33,35-36,38,45-46H,4-7,9,11-22,27H2,1-3H3/b10-8+,30-23+/t28-,29-,35+,36+,38-/m0/s1. The summed E-state index contributed by atoms with van der Waals surface area (Å²) in [6.45, 7) is 13.3. The number of amides is 1. The average Bonchev–Trinajstić information content (AvgIpc) is 3.11. The van der Waals surface area contributed by atoms with Crippen molar-refractivity contribution in [1.29, 1.82) is 0 Å². The number of aliphatic hydroxyl groups excluding tert-OH is 2. The Morgan fingerprint density at radius 2 is 1.68 bits per heavy atom. The van der Waals surface area contributed by atoms with Crippen LogP contribution in [0.15, 0.2) is 35.9 Å². The number of β-amino-alcohol motifs (C(OH)–C–C–N with tert-alkyl or cyclic N) is 1. The van der Waals surface area contributed by atoms with E-state index < -0.39 is 24.3 Å². The van der Waals surface area contributed by atoms with Crippen molar-refractivity contribution in [3.8, 4) is 0 Å². The van der Waals surface area contributed by atoms with Gasteiger partial charge in [0, 0.05) is 63.5 Å². The van der Waals surface area contributed by atoms with Crippen LogP contribution >= 0.6 is 0 Å². The topological polar surface area (TPSA) is 106 Å². The lowest BCUT2D eigenvalue weighted by Crippen LogP contribution is -2.48. The van der Waals surface area contributed by atoms with E-state index in [2.05, 4.69) is 14.7 Å². The van der Waals surface area contributed by atoms with E-state index in [1.54, 1.807) is 0 Å². The Morgan fingerprint density at radius 1 is 0.960 bits per heavy atom. The number of rotatable bonds is 7. The van der Waals surface area contributed by atoms with E-state index in [4.69, 9.17) is 9.47 Å². The Kier molecular flexibility index (Phi) is 14.1. The number of ether oxygens (including phenoxy) is 2. The van der Waals surface area contributed by atoms with Crippen LogP contribution in [-0.2, 0) is 14.3 Å². The van der Waals surface area contributed by atoms with E-state index in [0.717, 1.165) is 63.4 Å². The summed E-state index contributed by atoms with van der Waals surface area (Å²) in [7, 11) is 0. The van der Waals surface area contributed by atoms with Gasteiger partial charge in [0.05, 0.1) is 19.1 Å². The molecule has 5 atom stereocenters. The second-order valence-corrected chi connectivity index (χ2v) is 14.9. The van der Waals surface area contributed by atoms with Gasteiger partial charge >= 0.3 is 12.1 Å². The molecule has 4 heterocycles. The molecule has 0 aromatic heterocycles. The maximum atomic E-state index is 14.9. The molecule has 278 valence electrons. The Balaban J connectivity index is 1.28. The zero-order valence-electron chi connectivity index (χ0n) is 30.4. The monoisotopic (exact) mass is 698 g/mol. The summed E-state index contributed by atoms with van der Waals surface area (Å²) < 4.78 is 27.0. The summed E-state index contributed by atoms with van der Waals surface area (Å²) in [5, 5.41) is 20.0. The van der Waals surface area contributed by atoms with Gasteiger partial charge in [-0.2, -0.15) is 0 Å². The number of piperidine rings is 2. The Morgan fingerprint density at radius 3 is 2.38 bits per heavy atom. The SMILES string of the molecule is C/C(=C\c1cc(F)cc(N2CCN(CCO)CC2)c1)[C@H]1OC(=O)C[C@H](O)CC[C@H](C)[C@H](OC(=O)N2CCC(N3CCCCC3)CC2)/C=C/[C@@H]1C. The molecule has 4 aliphatic heterocycles. The predicted molar refractivity (Wildman–Crippen MR) is 193 cm³/mol. The average molecular weight is 699 g/mol. The van der Waals surface area contributed by atoms with E-state index in [0.29, 0.717) is 44.1 Å². The van der Waals surface area contributed by atoms with Crippen LogP contribution in [0, 0.1) is 17.7 Å². The lowest BCUT2D eigenvalue weighted by atomic mass is 9.91. The van der Waals surface area contributed by atoms with Crippen LogP contribution < -0.4 is 4.90 Å². The first-order valence-corrected chi connectivity index (χ1v) is 18.9. The van der Waals surface area contributed by atoms with Gasteiger partial charge < -0.3 is 34.4 Å². The maximum Gasteiger partial charge on any atom is 0.410 e. The smallest absolute Gasteiger partial charge is 0.410 e. The van der Waals surface area contributed by atoms with Crippen molar-refractivity contribution in [2.45, 2.75) is 96.5 Å². The number of halogens is 1. The van der Waals surface area contributed by atoms with E-state index in [1.807, 2.05) is 50.0 Å². The van der Waals surface area contributed by atoms with Crippen molar-refractivity contribution >= 4 is 23.8 Å². The van der Waals surface area contributed by atoms with Crippen LogP contribution in [0.3, 0.4) is 0 Å². The fraction of sp³-hybridized carbons (Fsp3) is 0.692. The number of hydrogen-bond donors (Lipinski definition) is 2. The number of benzene rings is 1. The minimum absolute atomic E-state index is 0.0651. The normalized spacial score (nSPS) is 29.5. The molecule has 0 radical (unpaired) electrons. The molecule has 0 bridgehead atoms. The van der Waals surface area contributed by atoms with Crippen LogP contribution in [0.2, 0.25) is 0 Å². The third-order valence-corrected chi connectivity index (χ3v) is 11.0. The van der Waals surface area contributed by atoms with E-state index in [-0.39, 0.29) is 36.8 Å². The molecular weight excluding hydrogens is 639 g/mol. The molecule has 2 N–H and O–H groups in total. The van der Waals surface area contributed by atoms with E-state index >= 15 is 0 Å². The zero-order valence-corrected chi connectivity index (χ0v) is 30.4. The highest BCUT2D eigenvalue weighted by atomic mass is 19.1. The summed E-state index contributed by atoms with van der Waals surface area (Å²) >= 11 is 0. The number of hydrogen-bond acceptors (Lipinski definition) is 9. The van der Waals surface area contributed by atoms with E-state index in [1.165, 1.54) is 31.4 Å². The third-order valence-electron chi connectivity index (χ3n) is 11.0. The van der Waals surface area contributed by atoms with Gasteiger partial charge in [0.2, 0.25) is 0 Å². The summed E-state index contributed by atoms with van der Waals surface area (Å²) in [5.41, 5.74) is 2.19. The molecule has 5 rings (SSSR count). The second kappa shape index (κ2) is 18.5. The summed E-state index contributed by atoms with van der Waals surface area (Å²) in [5.74, 6) is -1.18. The number of anilines is 1. The molecule has 0 aliphatic carbocycles. The molecule has 10 nitrogen and oxygen atoms in total. The summed E-state index contributed by atoms with van der Waals surface area (Å²) in [4.78, 5) is 35.2. The van der Waals surface area contributed by atoms with Gasteiger partial charge in [-0.15, -0.1) is 0 Å². The highest BCUT2D eigenvalue weighted by Gasteiger charge is 2.31. The molecule has 0 unspecified atom stereocenters. The largest absolute Gasteiger partial charge is 0.457 e. The van der Waals surface area contributed by atoms with Crippen molar-refractivity contribution in [3.63, 3.8) is 0 Å². The molecule has 4 aliphatic rings. The molecule has 1 aromatic carbocycles. The minimum Gasteiger partial charge on any atom is -0.457 e. The molecule has 11 heteroatoms. The van der Waals surface area contributed by atoms with Gasteiger partial charge in [0.25, 0.3) is 0 Å². The van der Waals surface area contributed by atoms with Crippen LogP contribution in [0.25, 0.3) is 6.08 Å². The molecular formula is C39H59FN4O6. The molecule has 0 saturated carbocycles. The highest BCUT2D eigenvalue weighted by molar-refractivity contribution is 5.71. The number of nitrogens with zero attached hydrogens (tertiary/aromatic N) is 4. The number of aliphatic hydroxyl groups is 2. The Hall–Kier alpha value is -2.99. The molecule has 1 amide bonds. The number of piperazine rings is 1.